The first-order valence-corrected chi connectivity index (χ1v) is 9.93. The molecule has 2 aliphatic carbocycles. The number of carbonyl (C=O) groups is 2. The van der Waals surface area contributed by atoms with Crippen LogP contribution in [0.25, 0.3) is 0 Å². The Morgan fingerprint density at radius 2 is 1.96 bits per heavy atom. The van der Waals surface area contributed by atoms with Crippen molar-refractivity contribution in [3.63, 3.8) is 0 Å². The molecule has 6 heteroatoms. The summed E-state index contributed by atoms with van der Waals surface area (Å²) in [6.45, 7) is 6.22. The molecule has 3 fully saturated rings. The fourth-order valence-electron chi connectivity index (χ4n) is 5.59. The van der Waals surface area contributed by atoms with E-state index in [9.17, 15) is 9.59 Å². The molecule has 0 aromatic carbocycles. The highest BCUT2D eigenvalue weighted by molar-refractivity contribution is 5.96. The number of aryl methyl sites for hydroxylation is 1. The molecule has 0 spiro atoms. The van der Waals surface area contributed by atoms with E-state index >= 15 is 0 Å². The molecule has 2 saturated carbocycles. The molecule has 0 radical (unpaired) electrons. The number of Topliss-reactive ketones (excluding diaryl/α,β-unsaturated/α-hetero) is 1. The summed E-state index contributed by atoms with van der Waals surface area (Å²) >= 11 is 0. The van der Waals surface area contributed by atoms with Crippen molar-refractivity contribution in [1.29, 1.82) is 0 Å². The van der Waals surface area contributed by atoms with E-state index in [-0.39, 0.29) is 24.3 Å². The van der Waals surface area contributed by atoms with Crippen LogP contribution in [0, 0.1) is 31.6 Å². The van der Waals surface area contributed by atoms with Crippen molar-refractivity contribution >= 4 is 11.7 Å². The minimum absolute atomic E-state index is 0.00195. The summed E-state index contributed by atoms with van der Waals surface area (Å²) in [5.74, 6) is 1.62. The monoisotopic (exact) mass is 359 g/mol. The number of amides is 1. The second-order valence-corrected chi connectivity index (χ2v) is 8.26. The summed E-state index contributed by atoms with van der Waals surface area (Å²) in [6.07, 6.45) is 6.54. The Labute approximate surface area is 154 Å². The van der Waals surface area contributed by atoms with Crippen LogP contribution in [-0.4, -0.2) is 40.2 Å². The molecule has 6 nitrogen and oxygen atoms in total. The van der Waals surface area contributed by atoms with Gasteiger partial charge in [0.2, 0.25) is 5.91 Å². The lowest BCUT2D eigenvalue weighted by molar-refractivity contribution is -0.130. The zero-order valence-electron chi connectivity index (χ0n) is 16.0. The number of ketones is 1. The average Bonchev–Trinajstić information content (AvgIpc) is 3.27. The Balaban J connectivity index is 1.44. The van der Waals surface area contributed by atoms with Gasteiger partial charge in [-0.25, -0.2) is 0 Å². The molecule has 2 heterocycles. The van der Waals surface area contributed by atoms with E-state index in [2.05, 4.69) is 10.4 Å². The zero-order valence-corrected chi connectivity index (χ0v) is 16.0. The molecule has 4 atom stereocenters. The molecule has 0 bridgehead atoms. The van der Waals surface area contributed by atoms with Gasteiger partial charge in [0.1, 0.15) is 6.54 Å². The maximum atomic E-state index is 12.7. The third-order valence-electron chi connectivity index (χ3n) is 6.74. The molecule has 1 aromatic rings. The molecule has 4 rings (SSSR count). The van der Waals surface area contributed by atoms with Crippen LogP contribution in [0.1, 0.15) is 60.8 Å². The van der Waals surface area contributed by atoms with Gasteiger partial charge in [-0.1, -0.05) is 25.7 Å². The van der Waals surface area contributed by atoms with E-state index in [0.717, 1.165) is 18.7 Å². The van der Waals surface area contributed by atoms with E-state index < -0.39 is 0 Å². The van der Waals surface area contributed by atoms with Gasteiger partial charge in [0.25, 0.3) is 0 Å². The van der Waals surface area contributed by atoms with Gasteiger partial charge in [0.05, 0.1) is 17.4 Å². The highest BCUT2D eigenvalue weighted by Crippen LogP contribution is 2.51. The first-order chi connectivity index (χ1) is 12.5. The van der Waals surface area contributed by atoms with Crippen LogP contribution in [0.4, 0.5) is 0 Å². The summed E-state index contributed by atoms with van der Waals surface area (Å²) in [6, 6.07) is 0.238. The lowest BCUT2D eigenvalue weighted by atomic mass is 9.61. The zero-order chi connectivity index (χ0) is 18.4. The first kappa shape index (κ1) is 17.7. The van der Waals surface area contributed by atoms with E-state index in [0.29, 0.717) is 35.1 Å². The van der Waals surface area contributed by atoms with E-state index in [1.165, 1.54) is 25.7 Å². The first-order valence-electron chi connectivity index (χ1n) is 9.93. The molecule has 1 saturated heterocycles. The number of carbonyl (C=O) groups excluding carboxylic acids is 2. The fourth-order valence-corrected chi connectivity index (χ4v) is 5.59. The summed E-state index contributed by atoms with van der Waals surface area (Å²) in [7, 11) is 0. The minimum Gasteiger partial charge on any atom is -0.377 e. The van der Waals surface area contributed by atoms with E-state index in [4.69, 9.17) is 4.74 Å². The number of nitrogens with zero attached hydrogens (tertiary/aromatic N) is 2. The summed E-state index contributed by atoms with van der Waals surface area (Å²) in [5, 5.41) is 7.68. The Hall–Kier alpha value is -1.69. The van der Waals surface area contributed by atoms with Crippen molar-refractivity contribution in [3.05, 3.63) is 17.0 Å². The topological polar surface area (TPSA) is 73.2 Å². The van der Waals surface area contributed by atoms with Crippen LogP contribution >= 0.6 is 0 Å². The largest absolute Gasteiger partial charge is 0.377 e. The maximum absolute atomic E-state index is 12.7. The number of ether oxygens (including phenoxy) is 1. The maximum Gasteiger partial charge on any atom is 0.241 e. The SMILES string of the molecule is CC(=O)c1c(C)nn(CC(=O)N[C@H]2[C@@H]3CCO[C@@H]3[C@@H]2C2CCCC2)c1C. The van der Waals surface area contributed by atoms with Crippen molar-refractivity contribution in [3.8, 4) is 0 Å². The van der Waals surface area contributed by atoms with Crippen molar-refractivity contribution in [2.45, 2.75) is 71.6 Å². The Morgan fingerprint density at radius 3 is 2.62 bits per heavy atom. The van der Waals surface area contributed by atoms with Gasteiger partial charge < -0.3 is 10.1 Å². The number of hydrogen-bond acceptors (Lipinski definition) is 4. The van der Waals surface area contributed by atoms with Gasteiger partial charge in [-0.05, 0) is 33.1 Å². The van der Waals surface area contributed by atoms with Crippen LogP contribution in [0.15, 0.2) is 0 Å². The lowest BCUT2D eigenvalue weighted by Gasteiger charge is -2.50. The van der Waals surface area contributed by atoms with Gasteiger partial charge in [-0.3, -0.25) is 14.3 Å². The molecule has 1 N–H and O–H groups in total. The third kappa shape index (κ3) is 2.88. The van der Waals surface area contributed by atoms with Gasteiger partial charge in [0.15, 0.2) is 5.78 Å². The highest BCUT2D eigenvalue weighted by Gasteiger charge is 2.56. The molecule has 142 valence electrons. The Bertz CT molecular complexity index is 715. The summed E-state index contributed by atoms with van der Waals surface area (Å²) < 4.78 is 7.63. The highest BCUT2D eigenvalue weighted by atomic mass is 16.5. The van der Waals surface area contributed by atoms with Crippen LogP contribution in [0.5, 0.6) is 0 Å². The van der Waals surface area contributed by atoms with Crippen LogP contribution in [0.2, 0.25) is 0 Å². The Kier molecular flexibility index (Phi) is 4.63. The van der Waals surface area contributed by atoms with Crippen LogP contribution < -0.4 is 5.32 Å². The summed E-state index contributed by atoms with van der Waals surface area (Å²) in [4.78, 5) is 24.5. The second kappa shape index (κ2) is 6.80. The third-order valence-corrected chi connectivity index (χ3v) is 6.74. The standard InChI is InChI=1S/C20H29N3O3/c1-11-17(13(3)24)12(2)23(22-11)10-16(25)21-19-15-8-9-26-20(15)18(19)14-6-4-5-7-14/h14-15,18-20H,4-10H2,1-3H3,(H,21,25)/t15-,18+,19-,20-/m0/s1. The Morgan fingerprint density at radius 1 is 1.23 bits per heavy atom. The van der Waals surface area contributed by atoms with Crippen molar-refractivity contribution in [2.24, 2.45) is 17.8 Å². The van der Waals surface area contributed by atoms with Gasteiger partial charge in [-0.2, -0.15) is 5.10 Å². The molecule has 0 unspecified atom stereocenters. The predicted molar refractivity (Wildman–Crippen MR) is 96.9 cm³/mol. The number of aromatic nitrogens is 2. The number of rotatable bonds is 5. The molecule has 1 amide bonds. The fraction of sp³-hybridized carbons (Fsp3) is 0.750. The minimum atomic E-state index is -0.0101. The van der Waals surface area contributed by atoms with E-state index in [1.54, 1.807) is 11.6 Å². The van der Waals surface area contributed by atoms with Crippen LogP contribution in [0.3, 0.4) is 0 Å². The van der Waals surface area contributed by atoms with Crippen molar-refractivity contribution in [2.75, 3.05) is 6.61 Å². The number of nitrogens with one attached hydrogen (secondary N) is 1. The normalized spacial score (nSPS) is 30.9. The molecule has 26 heavy (non-hydrogen) atoms. The van der Waals surface area contributed by atoms with Crippen molar-refractivity contribution in [1.82, 2.24) is 15.1 Å². The second-order valence-electron chi connectivity index (χ2n) is 8.26. The molecule has 1 aromatic heterocycles. The van der Waals surface area contributed by atoms with Gasteiger partial charge in [0, 0.05) is 30.2 Å². The predicted octanol–water partition coefficient (Wildman–Crippen LogP) is 2.41. The summed E-state index contributed by atoms with van der Waals surface area (Å²) in [5.41, 5.74) is 2.10. The number of hydrogen-bond donors (Lipinski definition) is 1. The molecule has 3 aliphatic rings. The average molecular weight is 359 g/mol. The van der Waals surface area contributed by atoms with Crippen LogP contribution in [-0.2, 0) is 16.1 Å². The molecular weight excluding hydrogens is 330 g/mol. The van der Waals surface area contributed by atoms with Gasteiger partial charge in [-0.15, -0.1) is 0 Å². The van der Waals surface area contributed by atoms with Gasteiger partial charge >= 0.3 is 0 Å². The molecule has 1 aliphatic heterocycles. The van der Waals surface area contributed by atoms with E-state index in [1.807, 2.05) is 13.8 Å². The smallest absolute Gasteiger partial charge is 0.241 e. The lowest BCUT2D eigenvalue weighted by Crippen LogP contribution is -2.63. The van der Waals surface area contributed by atoms with Crippen molar-refractivity contribution < 1.29 is 14.3 Å². The molecular formula is C20H29N3O3. The number of fused-ring (bicyclic) bond motifs is 1. The quantitative estimate of drug-likeness (QED) is 0.820.